The Morgan fingerprint density at radius 2 is 1.38 bits per heavy atom. The molecule has 6 nitrogen and oxygen atoms in total. The summed E-state index contributed by atoms with van der Waals surface area (Å²) >= 11 is 0. The van der Waals surface area contributed by atoms with Gasteiger partial charge >= 0.3 is 0 Å². The molecule has 4 heterocycles. The van der Waals surface area contributed by atoms with E-state index in [4.69, 9.17) is 9.47 Å². The number of carbonyl (C=O) groups is 2. The Bertz CT molecular complexity index is 655. The maximum atomic E-state index is 13.8. The van der Waals surface area contributed by atoms with Crippen LogP contribution in [-0.2, 0) is 19.1 Å². The number of carbonyl (C=O) groups excluding carboxylic acids is 2. The first-order valence-corrected chi connectivity index (χ1v) is 14.2. The van der Waals surface area contributed by atoms with Crippen molar-refractivity contribution in [1.29, 1.82) is 0 Å². The third-order valence-electron chi connectivity index (χ3n) is 9.43. The summed E-state index contributed by atoms with van der Waals surface area (Å²) in [5.41, 5.74) is 0. The molecule has 34 heavy (non-hydrogen) atoms. The van der Waals surface area contributed by atoms with E-state index in [2.05, 4.69) is 25.7 Å². The molecular formula is C28H48N2O4. The van der Waals surface area contributed by atoms with Gasteiger partial charge in [0.2, 0.25) is 5.91 Å². The molecule has 0 N–H and O–H groups in total. The third-order valence-corrected chi connectivity index (χ3v) is 9.43. The number of amides is 2. The van der Waals surface area contributed by atoms with Gasteiger partial charge in [0.25, 0.3) is 5.91 Å². The Morgan fingerprint density at radius 3 is 1.97 bits per heavy atom. The molecule has 4 fully saturated rings. The summed E-state index contributed by atoms with van der Waals surface area (Å²) in [6.45, 7) is 12.8. The molecule has 3 unspecified atom stereocenters. The number of piperidine rings is 2. The molecule has 0 bridgehead atoms. The second kappa shape index (κ2) is 12.2. The molecule has 0 aliphatic carbocycles. The van der Waals surface area contributed by atoms with Crippen molar-refractivity contribution in [1.82, 2.24) is 9.80 Å². The quantitative estimate of drug-likeness (QED) is 0.548. The summed E-state index contributed by atoms with van der Waals surface area (Å²) in [5, 5.41) is 0. The number of ether oxygens (including phenoxy) is 2. The standard InChI is InChI=1S/C28H48N2O4/c1-20(2)22-6-12-29(13-7-22)27(31)25(24-10-17-33-18-11-24)19-21(3)23-8-14-30(15-9-23)28(32)26-5-4-16-34-26/h20-26H,4-19H2,1-3H3. The van der Waals surface area contributed by atoms with Gasteiger partial charge in [0.1, 0.15) is 6.10 Å². The van der Waals surface area contributed by atoms with E-state index in [0.717, 1.165) is 110 Å². The Morgan fingerprint density at radius 1 is 0.765 bits per heavy atom. The molecule has 194 valence electrons. The van der Waals surface area contributed by atoms with Crippen LogP contribution < -0.4 is 0 Å². The highest BCUT2D eigenvalue weighted by molar-refractivity contribution is 5.81. The van der Waals surface area contributed by atoms with Crippen LogP contribution in [-0.4, -0.2) is 73.7 Å². The van der Waals surface area contributed by atoms with Gasteiger partial charge in [-0.3, -0.25) is 9.59 Å². The largest absolute Gasteiger partial charge is 0.381 e. The molecule has 2 amide bonds. The van der Waals surface area contributed by atoms with Crippen LogP contribution in [0.15, 0.2) is 0 Å². The average molecular weight is 477 g/mol. The van der Waals surface area contributed by atoms with Crippen LogP contribution >= 0.6 is 0 Å². The predicted molar refractivity (Wildman–Crippen MR) is 133 cm³/mol. The molecule has 0 radical (unpaired) electrons. The Labute approximate surface area is 207 Å². The number of hydrogen-bond acceptors (Lipinski definition) is 4. The molecule has 0 spiro atoms. The van der Waals surface area contributed by atoms with Gasteiger partial charge in [-0.2, -0.15) is 0 Å². The molecule has 3 atom stereocenters. The van der Waals surface area contributed by atoms with Crippen molar-refractivity contribution >= 4 is 11.8 Å². The Kier molecular flexibility index (Phi) is 9.31. The summed E-state index contributed by atoms with van der Waals surface area (Å²) in [7, 11) is 0. The second-order valence-electron chi connectivity index (χ2n) is 11.8. The molecule has 4 rings (SSSR count). The molecule has 0 aromatic heterocycles. The highest BCUT2D eigenvalue weighted by Gasteiger charge is 2.38. The zero-order valence-corrected chi connectivity index (χ0v) is 21.9. The minimum absolute atomic E-state index is 0.126. The van der Waals surface area contributed by atoms with Gasteiger partial charge in [-0.05, 0) is 87.4 Å². The van der Waals surface area contributed by atoms with Crippen LogP contribution in [0.1, 0.15) is 78.6 Å². The normalized spacial score (nSPS) is 27.8. The minimum atomic E-state index is -0.204. The molecular weight excluding hydrogens is 428 g/mol. The topological polar surface area (TPSA) is 59.1 Å². The molecule has 4 aliphatic rings. The summed E-state index contributed by atoms with van der Waals surface area (Å²) in [6.07, 6.45) is 9.08. The molecule has 6 heteroatoms. The van der Waals surface area contributed by atoms with E-state index in [1.54, 1.807) is 0 Å². The predicted octanol–water partition coefficient (Wildman–Crippen LogP) is 4.37. The maximum Gasteiger partial charge on any atom is 0.251 e. The van der Waals surface area contributed by atoms with Crippen molar-refractivity contribution in [3.05, 3.63) is 0 Å². The van der Waals surface area contributed by atoms with Gasteiger partial charge in [-0.25, -0.2) is 0 Å². The number of nitrogens with zero attached hydrogens (tertiary/aromatic N) is 2. The van der Waals surface area contributed by atoms with Gasteiger partial charge in [-0.15, -0.1) is 0 Å². The van der Waals surface area contributed by atoms with Crippen LogP contribution in [0.4, 0.5) is 0 Å². The van der Waals surface area contributed by atoms with Crippen molar-refractivity contribution in [2.24, 2.45) is 35.5 Å². The zero-order valence-electron chi connectivity index (χ0n) is 21.9. The molecule has 4 aliphatic heterocycles. The van der Waals surface area contributed by atoms with Crippen LogP contribution in [0.5, 0.6) is 0 Å². The SMILES string of the molecule is CC(C)C1CCN(C(=O)C(CC(C)C2CCN(C(=O)C3CCCO3)CC2)C2CCOCC2)CC1. The average Bonchev–Trinajstić information content (AvgIpc) is 3.42. The van der Waals surface area contributed by atoms with E-state index in [-0.39, 0.29) is 17.9 Å². The van der Waals surface area contributed by atoms with Gasteiger partial charge in [0, 0.05) is 51.9 Å². The second-order valence-corrected chi connectivity index (χ2v) is 11.8. The number of likely N-dealkylation sites (tertiary alicyclic amines) is 2. The van der Waals surface area contributed by atoms with Gasteiger partial charge in [0.15, 0.2) is 0 Å². The van der Waals surface area contributed by atoms with Crippen molar-refractivity contribution in [2.45, 2.75) is 84.7 Å². The van der Waals surface area contributed by atoms with Crippen LogP contribution in [0.2, 0.25) is 0 Å². The molecule has 0 aromatic carbocycles. The fourth-order valence-electron chi connectivity index (χ4n) is 6.89. The summed E-state index contributed by atoms with van der Waals surface area (Å²) in [4.78, 5) is 30.7. The lowest BCUT2D eigenvalue weighted by atomic mass is 9.74. The maximum absolute atomic E-state index is 13.8. The van der Waals surface area contributed by atoms with E-state index >= 15 is 0 Å². The zero-order chi connectivity index (χ0) is 24.1. The highest BCUT2D eigenvalue weighted by Crippen LogP contribution is 2.37. The van der Waals surface area contributed by atoms with Gasteiger partial charge in [0.05, 0.1) is 0 Å². The molecule has 0 saturated carbocycles. The van der Waals surface area contributed by atoms with Crippen molar-refractivity contribution in [3.8, 4) is 0 Å². The Balaban J connectivity index is 1.33. The Hall–Kier alpha value is -1.14. The van der Waals surface area contributed by atoms with Crippen LogP contribution in [0.3, 0.4) is 0 Å². The van der Waals surface area contributed by atoms with Gasteiger partial charge < -0.3 is 19.3 Å². The smallest absolute Gasteiger partial charge is 0.251 e. The lowest BCUT2D eigenvalue weighted by molar-refractivity contribution is -0.142. The summed E-state index contributed by atoms with van der Waals surface area (Å²) < 4.78 is 11.3. The summed E-state index contributed by atoms with van der Waals surface area (Å²) in [5.74, 6) is 3.75. The van der Waals surface area contributed by atoms with E-state index in [1.165, 1.54) is 0 Å². The van der Waals surface area contributed by atoms with E-state index in [1.807, 2.05) is 4.90 Å². The van der Waals surface area contributed by atoms with E-state index in [0.29, 0.717) is 29.6 Å². The first-order chi connectivity index (χ1) is 16.4. The first-order valence-electron chi connectivity index (χ1n) is 14.2. The van der Waals surface area contributed by atoms with E-state index in [9.17, 15) is 9.59 Å². The number of rotatable bonds is 7. The molecule has 4 saturated heterocycles. The summed E-state index contributed by atoms with van der Waals surface area (Å²) in [6, 6.07) is 0. The minimum Gasteiger partial charge on any atom is -0.381 e. The van der Waals surface area contributed by atoms with Crippen molar-refractivity contribution < 1.29 is 19.1 Å². The highest BCUT2D eigenvalue weighted by atomic mass is 16.5. The monoisotopic (exact) mass is 476 g/mol. The van der Waals surface area contributed by atoms with Crippen molar-refractivity contribution in [2.75, 3.05) is 46.0 Å². The van der Waals surface area contributed by atoms with Crippen molar-refractivity contribution in [3.63, 3.8) is 0 Å². The fourth-order valence-corrected chi connectivity index (χ4v) is 6.89. The van der Waals surface area contributed by atoms with E-state index < -0.39 is 0 Å². The lowest BCUT2D eigenvalue weighted by Crippen LogP contribution is -2.46. The lowest BCUT2D eigenvalue weighted by Gasteiger charge is -2.41. The van der Waals surface area contributed by atoms with Crippen LogP contribution in [0.25, 0.3) is 0 Å². The first kappa shape index (κ1) is 25.9. The third kappa shape index (κ3) is 6.34. The number of hydrogen-bond donors (Lipinski definition) is 0. The van der Waals surface area contributed by atoms with Gasteiger partial charge in [-0.1, -0.05) is 20.8 Å². The van der Waals surface area contributed by atoms with Crippen LogP contribution in [0, 0.1) is 35.5 Å². The fraction of sp³-hybridized carbons (Fsp3) is 0.929. The molecule has 0 aromatic rings.